The predicted octanol–water partition coefficient (Wildman–Crippen LogP) is 1.35. The molecule has 0 fully saturated rings. The number of amides is 1. The SMILES string of the molecule is C=CCN(CC=C)C(=O)C(C)(C)N.Cl. The van der Waals surface area contributed by atoms with Gasteiger partial charge in [0.2, 0.25) is 5.91 Å². The molecule has 0 saturated heterocycles. The van der Waals surface area contributed by atoms with Crippen LogP contribution in [0.3, 0.4) is 0 Å². The molecule has 0 atom stereocenters. The first-order chi connectivity index (χ1) is 5.93. The Morgan fingerprint density at radius 3 is 1.93 bits per heavy atom. The Morgan fingerprint density at radius 2 is 1.71 bits per heavy atom. The third-order valence-corrected chi connectivity index (χ3v) is 1.54. The summed E-state index contributed by atoms with van der Waals surface area (Å²) < 4.78 is 0. The molecule has 1 amide bonds. The van der Waals surface area contributed by atoms with Crippen LogP contribution >= 0.6 is 12.4 Å². The second kappa shape index (κ2) is 6.62. The highest BCUT2D eigenvalue weighted by molar-refractivity contribution is 5.85. The van der Waals surface area contributed by atoms with Gasteiger partial charge in [0.1, 0.15) is 0 Å². The molecule has 0 aliphatic carbocycles. The van der Waals surface area contributed by atoms with Crippen molar-refractivity contribution in [1.29, 1.82) is 0 Å². The van der Waals surface area contributed by atoms with E-state index < -0.39 is 5.54 Å². The van der Waals surface area contributed by atoms with E-state index in [-0.39, 0.29) is 18.3 Å². The zero-order valence-electron chi connectivity index (χ0n) is 8.82. The number of hydrogen-bond acceptors (Lipinski definition) is 2. The van der Waals surface area contributed by atoms with Crippen molar-refractivity contribution in [2.45, 2.75) is 19.4 Å². The van der Waals surface area contributed by atoms with Gasteiger partial charge in [-0.15, -0.1) is 25.6 Å². The average Bonchev–Trinajstić information content (AvgIpc) is 2.01. The van der Waals surface area contributed by atoms with Crippen LogP contribution in [0.1, 0.15) is 13.8 Å². The first-order valence-electron chi connectivity index (χ1n) is 4.23. The number of rotatable bonds is 5. The highest BCUT2D eigenvalue weighted by Gasteiger charge is 2.26. The van der Waals surface area contributed by atoms with Crippen LogP contribution in [0.2, 0.25) is 0 Å². The van der Waals surface area contributed by atoms with Crippen molar-refractivity contribution in [3.05, 3.63) is 25.3 Å². The molecule has 4 heteroatoms. The minimum Gasteiger partial charge on any atom is -0.334 e. The minimum absolute atomic E-state index is 0. The second-order valence-electron chi connectivity index (χ2n) is 3.51. The number of carbonyl (C=O) groups excluding carboxylic acids is 1. The van der Waals surface area contributed by atoms with Crippen LogP contribution in [0.15, 0.2) is 25.3 Å². The molecule has 0 bridgehead atoms. The van der Waals surface area contributed by atoms with Gasteiger partial charge in [0.05, 0.1) is 5.54 Å². The van der Waals surface area contributed by atoms with Gasteiger partial charge in [-0.1, -0.05) is 12.2 Å². The van der Waals surface area contributed by atoms with Crippen molar-refractivity contribution in [1.82, 2.24) is 4.90 Å². The lowest BCUT2D eigenvalue weighted by Crippen LogP contribution is -2.51. The fourth-order valence-corrected chi connectivity index (χ4v) is 0.960. The van der Waals surface area contributed by atoms with Gasteiger partial charge >= 0.3 is 0 Å². The van der Waals surface area contributed by atoms with Crippen LogP contribution in [-0.4, -0.2) is 29.4 Å². The summed E-state index contributed by atoms with van der Waals surface area (Å²) in [7, 11) is 0. The summed E-state index contributed by atoms with van der Waals surface area (Å²) in [5.74, 6) is -0.0905. The molecule has 0 rings (SSSR count). The maximum Gasteiger partial charge on any atom is 0.242 e. The van der Waals surface area contributed by atoms with Crippen molar-refractivity contribution in [3.63, 3.8) is 0 Å². The van der Waals surface area contributed by atoms with Crippen molar-refractivity contribution in [3.8, 4) is 0 Å². The number of carbonyl (C=O) groups is 1. The summed E-state index contributed by atoms with van der Waals surface area (Å²) in [5, 5.41) is 0. The summed E-state index contributed by atoms with van der Waals surface area (Å²) >= 11 is 0. The molecular weight excluding hydrogens is 200 g/mol. The van der Waals surface area contributed by atoms with Crippen LogP contribution in [0.5, 0.6) is 0 Å². The normalized spacial score (nSPS) is 9.93. The molecule has 2 N–H and O–H groups in total. The van der Waals surface area contributed by atoms with Gasteiger partial charge in [0.15, 0.2) is 0 Å². The molecular formula is C10H19ClN2O. The molecule has 0 aromatic carbocycles. The third kappa shape index (κ3) is 5.04. The van der Waals surface area contributed by atoms with Crippen LogP contribution in [0, 0.1) is 0 Å². The summed E-state index contributed by atoms with van der Waals surface area (Å²) in [5.41, 5.74) is 4.85. The molecule has 0 aromatic rings. The highest BCUT2D eigenvalue weighted by Crippen LogP contribution is 2.04. The number of nitrogens with two attached hydrogens (primary N) is 1. The summed E-state index contributed by atoms with van der Waals surface area (Å²) in [6.45, 7) is 11.5. The lowest BCUT2D eigenvalue weighted by molar-refractivity contribution is -0.134. The Bertz CT molecular complexity index is 199. The summed E-state index contributed by atoms with van der Waals surface area (Å²) in [6.07, 6.45) is 3.35. The van der Waals surface area contributed by atoms with E-state index in [0.29, 0.717) is 13.1 Å². The van der Waals surface area contributed by atoms with Gasteiger partial charge in [-0.05, 0) is 13.8 Å². The molecule has 0 aromatic heterocycles. The average molecular weight is 219 g/mol. The fraction of sp³-hybridized carbons (Fsp3) is 0.500. The third-order valence-electron chi connectivity index (χ3n) is 1.54. The first-order valence-corrected chi connectivity index (χ1v) is 4.23. The Kier molecular flexibility index (Phi) is 7.41. The van der Waals surface area contributed by atoms with Crippen molar-refractivity contribution >= 4 is 18.3 Å². The van der Waals surface area contributed by atoms with Crippen LogP contribution < -0.4 is 5.73 Å². The van der Waals surface area contributed by atoms with E-state index in [0.717, 1.165) is 0 Å². The fourth-order valence-electron chi connectivity index (χ4n) is 0.960. The topological polar surface area (TPSA) is 46.3 Å². The Hall–Kier alpha value is -0.800. The van der Waals surface area contributed by atoms with E-state index in [2.05, 4.69) is 13.2 Å². The lowest BCUT2D eigenvalue weighted by atomic mass is 10.1. The molecule has 82 valence electrons. The van der Waals surface area contributed by atoms with E-state index in [1.165, 1.54) is 0 Å². The standard InChI is InChI=1S/C10H18N2O.ClH/c1-5-7-12(8-6-2)9(13)10(3,4)11;/h5-6H,1-2,7-8,11H2,3-4H3;1H. The maximum absolute atomic E-state index is 11.6. The molecule has 0 spiro atoms. The van der Waals surface area contributed by atoms with Crippen molar-refractivity contribution in [2.75, 3.05) is 13.1 Å². The lowest BCUT2D eigenvalue weighted by Gasteiger charge is -2.27. The zero-order valence-corrected chi connectivity index (χ0v) is 9.64. The number of hydrogen-bond donors (Lipinski definition) is 1. The van der Waals surface area contributed by atoms with Crippen LogP contribution in [-0.2, 0) is 4.79 Å². The monoisotopic (exact) mass is 218 g/mol. The summed E-state index contributed by atoms with van der Waals surface area (Å²) in [6, 6.07) is 0. The minimum atomic E-state index is -0.827. The predicted molar refractivity (Wildman–Crippen MR) is 62.5 cm³/mol. The Morgan fingerprint density at radius 1 is 1.36 bits per heavy atom. The van der Waals surface area contributed by atoms with E-state index in [1.54, 1.807) is 30.9 Å². The molecule has 3 nitrogen and oxygen atoms in total. The van der Waals surface area contributed by atoms with E-state index in [9.17, 15) is 4.79 Å². The van der Waals surface area contributed by atoms with Crippen molar-refractivity contribution < 1.29 is 4.79 Å². The molecule has 0 heterocycles. The number of halogens is 1. The van der Waals surface area contributed by atoms with Crippen LogP contribution in [0.25, 0.3) is 0 Å². The van der Waals surface area contributed by atoms with E-state index in [4.69, 9.17) is 5.73 Å². The second-order valence-corrected chi connectivity index (χ2v) is 3.51. The molecule has 0 aliphatic rings. The largest absolute Gasteiger partial charge is 0.334 e. The van der Waals surface area contributed by atoms with Gasteiger partial charge in [-0.2, -0.15) is 0 Å². The molecule has 0 unspecified atom stereocenters. The molecule has 0 saturated carbocycles. The van der Waals surface area contributed by atoms with Gasteiger partial charge in [0, 0.05) is 13.1 Å². The Labute approximate surface area is 92.1 Å². The van der Waals surface area contributed by atoms with E-state index >= 15 is 0 Å². The quantitative estimate of drug-likeness (QED) is 0.709. The maximum atomic E-state index is 11.6. The first kappa shape index (κ1) is 15.7. The zero-order chi connectivity index (χ0) is 10.5. The van der Waals surface area contributed by atoms with Crippen LogP contribution in [0.4, 0.5) is 0 Å². The summed E-state index contributed by atoms with van der Waals surface area (Å²) in [4.78, 5) is 13.3. The molecule has 14 heavy (non-hydrogen) atoms. The van der Waals surface area contributed by atoms with Gasteiger partial charge in [0.25, 0.3) is 0 Å². The van der Waals surface area contributed by atoms with Crippen molar-refractivity contribution in [2.24, 2.45) is 5.73 Å². The van der Waals surface area contributed by atoms with Gasteiger partial charge in [-0.3, -0.25) is 4.79 Å². The van der Waals surface area contributed by atoms with Gasteiger partial charge in [-0.25, -0.2) is 0 Å². The number of nitrogens with zero attached hydrogens (tertiary/aromatic N) is 1. The molecule has 0 radical (unpaired) electrons. The smallest absolute Gasteiger partial charge is 0.242 e. The van der Waals surface area contributed by atoms with Gasteiger partial charge < -0.3 is 10.6 Å². The molecule has 0 aliphatic heterocycles. The Balaban J connectivity index is 0. The van der Waals surface area contributed by atoms with E-state index in [1.807, 2.05) is 0 Å². The highest BCUT2D eigenvalue weighted by atomic mass is 35.5.